The first-order valence-electron chi connectivity index (χ1n) is 9.32. The van der Waals surface area contributed by atoms with Crippen molar-refractivity contribution in [3.63, 3.8) is 0 Å². The molecule has 31 heavy (non-hydrogen) atoms. The molecule has 3 heterocycles. The SMILES string of the molecule is CS(=O)(=O)c1c(C(F)(F)F)ccc2c1c1cc(C(F)(F)F)cnc1n2[C@H]1CCCNC1. The Morgan fingerprint density at radius 2 is 1.84 bits per heavy atom. The standard InChI is InChI=1S/C19H17F6N3O2S/c1-31(29,30)16-13(19(23,24)25)4-5-14-15(16)12-7-10(18(20,21)22)8-27-17(12)28(14)11-3-2-6-26-9-11/h4-5,7-8,11,26H,2-3,6,9H2,1H3/t11-/m0/s1. The molecule has 0 saturated carbocycles. The van der Waals surface area contributed by atoms with Gasteiger partial charge in [0.15, 0.2) is 9.84 Å². The number of halogens is 6. The van der Waals surface area contributed by atoms with Crippen LogP contribution in [0.1, 0.15) is 30.0 Å². The molecular formula is C19H17F6N3O2S. The molecule has 12 heteroatoms. The number of hydrogen-bond acceptors (Lipinski definition) is 4. The predicted octanol–water partition coefficient (Wildman–Crippen LogP) is 4.56. The van der Waals surface area contributed by atoms with Gasteiger partial charge in [0, 0.05) is 35.8 Å². The lowest BCUT2D eigenvalue weighted by Crippen LogP contribution is -2.31. The third-order valence-corrected chi connectivity index (χ3v) is 6.56. The molecule has 0 spiro atoms. The van der Waals surface area contributed by atoms with Crippen molar-refractivity contribution >= 4 is 31.8 Å². The number of nitrogens with one attached hydrogen (secondary N) is 1. The fraction of sp³-hybridized carbons (Fsp3) is 0.421. The molecular weight excluding hydrogens is 448 g/mol. The van der Waals surface area contributed by atoms with Crippen LogP contribution in [-0.4, -0.2) is 37.3 Å². The van der Waals surface area contributed by atoms with Gasteiger partial charge in [-0.05, 0) is 37.6 Å². The van der Waals surface area contributed by atoms with Crippen LogP contribution >= 0.6 is 0 Å². The Morgan fingerprint density at radius 1 is 1.13 bits per heavy atom. The molecule has 1 atom stereocenters. The van der Waals surface area contributed by atoms with Gasteiger partial charge in [-0.15, -0.1) is 0 Å². The van der Waals surface area contributed by atoms with Gasteiger partial charge in [0.25, 0.3) is 0 Å². The summed E-state index contributed by atoms with van der Waals surface area (Å²) in [4.78, 5) is 2.88. The van der Waals surface area contributed by atoms with Crippen molar-refractivity contribution in [1.29, 1.82) is 0 Å². The minimum atomic E-state index is -5.01. The summed E-state index contributed by atoms with van der Waals surface area (Å²) in [5.74, 6) is 0. The Morgan fingerprint density at radius 3 is 2.39 bits per heavy atom. The van der Waals surface area contributed by atoms with Crippen LogP contribution in [0.25, 0.3) is 21.9 Å². The van der Waals surface area contributed by atoms with Crippen molar-refractivity contribution < 1.29 is 34.8 Å². The summed E-state index contributed by atoms with van der Waals surface area (Å²) >= 11 is 0. The average Bonchev–Trinajstić information content (AvgIpc) is 2.99. The number of alkyl halides is 6. The first-order valence-corrected chi connectivity index (χ1v) is 11.2. The quantitative estimate of drug-likeness (QED) is 0.564. The number of hydrogen-bond donors (Lipinski definition) is 1. The number of rotatable bonds is 2. The monoisotopic (exact) mass is 465 g/mol. The van der Waals surface area contributed by atoms with Gasteiger partial charge in [-0.1, -0.05) is 0 Å². The van der Waals surface area contributed by atoms with Crippen molar-refractivity contribution in [3.8, 4) is 0 Å². The Balaban J connectivity index is 2.21. The maximum absolute atomic E-state index is 13.7. The Hall–Kier alpha value is -2.34. The minimum absolute atomic E-state index is 0.0147. The van der Waals surface area contributed by atoms with E-state index < -0.39 is 43.6 Å². The van der Waals surface area contributed by atoms with E-state index in [2.05, 4.69) is 10.3 Å². The average molecular weight is 465 g/mol. The van der Waals surface area contributed by atoms with E-state index in [1.165, 1.54) is 0 Å². The first kappa shape index (κ1) is 21.9. The van der Waals surface area contributed by atoms with Crippen LogP contribution in [0, 0.1) is 0 Å². The molecule has 0 aliphatic carbocycles. The Kier molecular flexibility index (Phi) is 5.00. The Labute approximate surface area is 173 Å². The molecule has 1 N–H and O–H groups in total. The summed E-state index contributed by atoms with van der Waals surface area (Å²) < 4.78 is 107. The smallest absolute Gasteiger partial charge is 0.321 e. The molecule has 4 rings (SSSR count). The summed E-state index contributed by atoms with van der Waals surface area (Å²) in [6, 6.07) is 2.14. The zero-order valence-electron chi connectivity index (χ0n) is 16.1. The highest BCUT2D eigenvalue weighted by Gasteiger charge is 2.39. The van der Waals surface area contributed by atoms with Crippen molar-refractivity contribution in [3.05, 3.63) is 35.5 Å². The van der Waals surface area contributed by atoms with E-state index in [1.54, 1.807) is 4.57 Å². The second-order valence-corrected chi connectivity index (χ2v) is 9.52. The molecule has 5 nitrogen and oxygen atoms in total. The number of benzene rings is 1. The van der Waals surface area contributed by atoms with E-state index in [0.29, 0.717) is 37.6 Å². The maximum atomic E-state index is 13.7. The maximum Gasteiger partial charge on any atom is 0.417 e. The van der Waals surface area contributed by atoms with Crippen LogP contribution in [0.5, 0.6) is 0 Å². The molecule has 2 aromatic heterocycles. The number of aromatic nitrogens is 2. The van der Waals surface area contributed by atoms with Gasteiger partial charge >= 0.3 is 12.4 Å². The molecule has 1 aliphatic rings. The van der Waals surface area contributed by atoms with Crippen molar-refractivity contribution in [2.75, 3.05) is 19.3 Å². The molecule has 0 amide bonds. The van der Waals surface area contributed by atoms with Gasteiger partial charge < -0.3 is 9.88 Å². The number of sulfone groups is 1. The normalized spacial score (nSPS) is 18.7. The lowest BCUT2D eigenvalue weighted by Gasteiger charge is -2.26. The van der Waals surface area contributed by atoms with Crippen molar-refractivity contribution in [1.82, 2.24) is 14.9 Å². The molecule has 0 bridgehead atoms. The van der Waals surface area contributed by atoms with Gasteiger partial charge in [-0.2, -0.15) is 26.3 Å². The number of fused-ring (bicyclic) bond motifs is 3. The highest BCUT2D eigenvalue weighted by atomic mass is 32.2. The highest BCUT2D eigenvalue weighted by molar-refractivity contribution is 7.91. The van der Waals surface area contributed by atoms with E-state index in [0.717, 1.165) is 19.0 Å². The lowest BCUT2D eigenvalue weighted by atomic mass is 10.1. The summed E-state index contributed by atoms with van der Waals surface area (Å²) in [7, 11) is -4.46. The summed E-state index contributed by atoms with van der Waals surface area (Å²) in [5.41, 5.74) is -2.47. The first-order chi connectivity index (χ1) is 14.3. The van der Waals surface area contributed by atoms with Gasteiger partial charge in [-0.3, -0.25) is 0 Å². The molecule has 3 aromatic rings. The van der Waals surface area contributed by atoms with E-state index in [1.807, 2.05) is 0 Å². The van der Waals surface area contributed by atoms with Crippen LogP contribution in [0.3, 0.4) is 0 Å². The zero-order valence-corrected chi connectivity index (χ0v) is 16.9. The number of piperidine rings is 1. The fourth-order valence-electron chi connectivity index (χ4n) is 4.17. The largest absolute Gasteiger partial charge is 0.417 e. The highest BCUT2D eigenvalue weighted by Crippen LogP contribution is 2.44. The predicted molar refractivity (Wildman–Crippen MR) is 101 cm³/mol. The lowest BCUT2D eigenvalue weighted by molar-refractivity contribution is -0.140. The van der Waals surface area contributed by atoms with Crippen LogP contribution in [-0.2, 0) is 22.2 Å². The van der Waals surface area contributed by atoms with Crippen LogP contribution in [0.4, 0.5) is 26.3 Å². The van der Waals surface area contributed by atoms with Crippen LogP contribution in [0.2, 0.25) is 0 Å². The minimum Gasteiger partial charge on any atom is -0.321 e. The molecule has 1 fully saturated rings. The van der Waals surface area contributed by atoms with E-state index in [4.69, 9.17) is 0 Å². The van der Waals surface area contributed by atoms with E-state index >= 15 is 0 Å². The molecule has 1 aromatic carbocycles. The molecule has 0 unspecified atom stereocenters. The van der Waals surface area contributed by atoms with Crippen LogP contribution < -0.4 is 5.32 Å². The molecule has 0 radical (unpaired) electrons. The molecule has 1 saturated heterocycles. The van der Waals surface area contributed by atoms with Crippen LogP contribution in [0.15, 0.2) is 29.3 Å². The summed E-state index contributed by atoms with van der Waals surface area (Å²) in [6.45, 7) is 1.16. The molecule has 1 aliphatic heterocycles. The van der Waals surface area contributed by atoms with Gasteiger partial charge in [0.05, 0.1) is 21.5 Å². The van der Waals surface area contributed by atoms with Crippen molar-refractivity contribution in [2.45, 2.75) is 36.1 Å². The third-order valence-electron chi connectivity index (χ3n) is 5.40. The van der Waals surface area contributed by atoms with E-state index in [-0.39, 0.29) is 22.6 Å². The number of pyridine rings is 1. The summed E-state index contributed by atoms with van der Waals surface area (Å²) in [6.07, 6.45) is -7.23. The second kappa shape index (κ2) is 7.09. The second-order valence-electron chi connectivity index (χ2n) is 7.57. The van der Waals surface area contributed by atoms with Gasteiger partial charge in [0.2, 0.25) is 0 Å². The summed E-state index contributed by atoms with van der Waals surface area (Å²) in [5, 5.41) is 2.47. The third kappa shape index (κ3) is 3.75. The zero-order chi connectivity index (χ0) is 22.8. The van der Waals surface area contributed by atoms with Gasteiger partial charge in [0.1, 0.15) is 5.65 Å². The Bertz CT molecular complexity index is 1270. The molecule has 168 valence electrons. The van der Waals surface area contributed by atoms with E-state index in [9.17, 15) is 34.8 Å². The topological polar surface area (TPSA) is 64.0 Å². The fourth-order valence-corrected chi connectivity index (χ4v) is 5.34. The van der Waals surface area contributed by atoms with Gasteiger partial charge in [-0.25, -0.2) is 13.4 Å². The number of nitrogens with zero attached hydrogens (tertiary/aromatic N) is 2. The van der Waals surface area contributed by atoms with Crippen molar-refractivity contribution in [2.24, 2.45) is 0 Å².